The maximum atomic E-state index is 10.1. The number of nitrogens with two attached hydrogens (primary N) is 1. The summed E-state index contributed by atoms with van der Waals surface area (Å²) in [6.45, 7) is 1.02. The van der Waals surface area contributed by atoms with Gasteiger partial charge in [-0.05, 0) is 4.57 Å². The van der Waals surface area contributed by atoms with E-state index in [0.717, 1.165) is 0 Å². The molecule has 0 aromatic carbocycles. The Kier molecular flexibility index (Phi) is 2.50. The maximum Gasteiger partial charge on any atom is 0.542 e. The van der Waals surface area contributed by atoms with E-state index < -0.39 is 13.4 Å². The highest BCUT2D eigenvalue weighted by Gasteiger charge is 2.40. The van der Waals surface area contributed by atoms with Crippen LogP contribution in [0, 0.1) is 0 Å². The zero-order valence-electron chi connectivity index (χ0n) is 4.53. The first-order valence-electron chi connectivity index (χ1n) is 2.09. The summed E-state index contributed by atoms with van der Waals surface area (Å²) in [6.07, 6.45) is 0. The average molecular weight is 138 g/mol. The summed E-state index contributed by atoms with van der Waals surface area (Å²) in [5, 5.41) is 7.13. The molecule has 0 saturated carbocycles. The third-order valence-electron chi connectivity index (χ3n) is 0.799. The molecule has 2 atom stereocenters. The smallest absolute Gasteiger partial charge is 0.346 e. The summed E-state index contributed by atoms with van der Waals surface area (Å²) in [5.41, 5.74) is 4.91. The molecule has 0 rings (SSSR count). The number of rotatable bonds is 2. The molecule has 0 aliphatic heterocycles. The lowest BCUT2D eigenvalue weighted by Crippen LogP contribution is -2.29. The van der Waals surface area contributed by atoms with Gasteiger partial charge in [-0.1, -0.05) is 0 Å². The van der Waals surface area contributed by atoms with E-state index in [9.17, 15) is 4.57 Å². The lowest BCUT2D eigenvalue weighted by molar-refractivity contribution is 0.144. The van der Waals surface area contributed by atoms with Gasteiger partial charge in [0.15, 0.2) is 0 Å². The molecule has 8 heavy (non-hydrogen) atoms. The van der Waals surface area contributed by atoms with Crippen molar-refractivity contribution >= 4 is 8.03 Å². The largest absolute Gasteiger partial charge is 0.542 e. The van der Waals surface area contributed by atoms with Gasteiger partial charge in [-0.2, -0.15) is 4.89 Å². The van der Waals surface area contributed by atoms with E-state index >= 15 is 0 Å². The summed E-state index contributed by atoms with van der Waals surface area (Å²) < 4.78 is 10.1. The van der Waals surface area contributed by atoms with E-state index in [1.807, 2.05) is 0 Å². The van der Waals surface area contributed by atoms with Crippen LogP contribution < -0.4 is 5.73 Å². The van der Waals surface area contributed by atoms with Gasteiger partial charge in [0.25, 0.3) is 0 Å². The van der Waals surface area contributed by atoms with Gasteiger partial charge in [-0.25, -0.2) is 0 Å². The molecule has 0 fully saturated rings. The van der Waals surface area contributed by atoms with Crippen LogP contribution in [0.4, 0.5) is 0 Å². The van der Waals surface area contributed by atoms with Gasteiger partial charge in [0, 0.05) is 6.92 Å². The molecular weight excluding hydrogens is 129 g/mol. The van der Waals surface area contributed by atoms with Crippen molar-refractivity contribution < 1.29 is 14.6 Å². The van der Waals surface area contributed by atoms with Gasteiger partial charge in [-0.3, -0.25) is 0 Å². The second-order valence-electron chi connectivity index (χ2n) is 1.69. The number of hydrogen-bond donors (Lipinski definition) is 3. The molecular formula is C3H9NO3P+. The van der Waals surface area contributed by atoms with E-state index in [0.29, 0.717) is 0 Å². The predicted molar refractivity (Wildman–Crippen MR) is 29.5 cm³/mol. The fraction of sp³-hybridized carbons (Fsp3) is 1.00. The molecule has 0 radical (unpaired) electrons. The van der Waals surface area contributed by atoms with Crippen LogP contribution in [0.1, 0.15) is 6.92 Å². The number of aliphatic hydroxyl groups is 1. The van der Waals surface area contributed by atoms with Crippen molar-refractivity contribution in [1.29, 1.82) is 0 Å². The molecule has 4 N–H and O–H groups in total. The minimum absolute atomic E-state index is 0.196. The van der Waals surface area contributed by atoms with E-state index in [2.05, 4.69) is 0 Å². The minimum Gasteiger partial charge on any atom is -0.346 e. The van der Waals surface area contributed by atoms with Crippen LogP contribution >= 0.6 is 8.03 Å². The predicted octanol–water partition coefficient (Wildman–Crippen LogP) is -0.612. The highest BCUT2D eigenvalue weighted by Crippen LogP contribution is 2.30. The Balaban J connectivity index is 3.91. The Labute approximate surface area is 48.2 Å². The quantitative estimate of drug-likeness (QED) is 0.444. The van der Waals surface area contributed by atoms with Crippen molar-refractivity contribution in [2.45, 2.75) is 12.3 Å². The van der Waals surface area contributed by atoms with Crippen LogP contribution in [0.15, 0.2) is 0 Å². The standard InChI is InChI=1S/C3H8NO3P/c1-3(5,2-4)8(6)7/h5H,2,4H2,1H3/p+1. The first-order chi connectivity index (χ1) is 3.50. The summed E-state index contributed by atoms with van der Waals surface area (Å²) >= 11 is 0. The molecule has 48 valence electrons. The second-order valence-corrected chi connectivity index (χ2v) is 3.20. The van der Waals surface area contributed by atoms with Gasteiger partial charge in [0.05, 0.1) is 6.54 Å². The van der Waals surface area contributed by atoms with Crippen molar-refractivity contribution in [2.75, 3.05) is 6.54 Å². The summed E-state index contributed by atoms with van der Waals surface area (Å²) in [7, 11) is -2.56. The molecule has 0 saturated heterocycles. The van der Waals surface area contributed by atoms with Crippen molar-refractivity contribution in [3.8, 4) is 0 Å². The average Bonchev–Trinajstić information content (AvgIpc) is 1.67. The van der Waals surface area contributed by atoms with Gasteiger partial charge in [-0.15, -0.1) is 0 Å². The first kappa shape index (κ1) is 7.98. The fourth-order valence-corrected chi connectivity index (χ4v) is 0.234. The van der Waals surface area contributed by atoms with Gasteiger partial charge in [0.1, 0.15) is 0 Å². The fourth-order valence-electron chi connectivity index (χ4n) is 0.0781. The zero-order valence-corrected chi connectivity index (χ0v) is 5.43. The van der Waals surface area contributed by atoms with Crippen molar-refractivity contribution in [1.82, 2.24) is 0 Å². The Morgan fingerprint density at radius 3 is 2.25 bits per heavy atom. The van der Waals surface area contributed by atoms with Crippen molar-refractivity contribution in [3.05, 3.63) is 0 Å². The van der Waals surface area contributed by atoms with E-state index in [1.54, 1.807) is 0 Å². The highest BCUT2D eigenvalue weighted by atomic mass is 31.1. The van der Waals surface area contributed by atoms with Crippen LogP contribution in [-0.2, 0) is 4.57 Å². The molecule has 0 aromatic rings. The van der Waals surface area contributed by atoms with Gasteiger partial charge in [0.2, 0.25) is 0 Å². The Morgan fingerprint density at radius 2 is 2.25 bits per heavy atom. The number of hydrogen-bond acceptors (Lipinski definition) is 3. The van der Waals surface area contributed by atoms with Crippen LogP contribution in [0.3, 0.4) is 0 Å². The molecule has 0 amide bonds. The SMILES string of the molecule is CC(O)(CN)[P+](=O)O. The van der Waals surface area contributed by atoms with Crippen molar-refractivity contribution in [3.63, 3.8) is 0 Å². The van der Waals surface area contributed by atoms with E-state index in [-0.39, 0.29) is 6.54 Å². The lowest BCUT2D eigenvalue weighted by atomic mass is 10.4. The molecule has 5 heteroatoms. The van der Waals surface area contributed by atoms with Gasteiger partial charge < -0.3 is 10.8 Å². The van der Waals surface area contributed by atoms with Crippen LogP contribution in [0.2, 0.25) is 0 Å². The van der Waals surface area contributed by atoms with Crippen molar-refractivity contribution in [2.24, 2.45) is 5.73 Å². The molecule has 2 unspecified atom stereocenters. The Bertz CT molecular complexity index is 103. The molecule has 0 aliphatic rings. The van der Waals surface area contributed by atoms with Crippen LogP contribution in [-0.4, -0.2) is 21.9 Å². The molecule has 0 aliphatic carbocycles. The van der Waals surface area contributed by atoms with E-state index in [1.165, 1.54) is 6.92 Å². The molecule has 4 nitrogen and oxygen atoms in total. The maximum absolute atomic E-state index is 10.1. The Hall–Kier alpha value is -0.0200. The highest BCUT2D eigenvalue weighted by molar-refractivity contribution is 7.39. The molecule has 0 spiro atoms. The molecule has 0 heterocycles. The monoisotopic (exact) mass is 138 g/mol. The summed E-state index contributed by atoms with van der Waals surface area (Å²) in [6, 6.07) is 0. The molecule has 0 bridgehead atoms. The lowest BCUT2D eigenvalue weighted by Gasteiger charge is -2.02. The third-order valence-corrected chi connectivity index (χ3v) is 1.81. The van der Waals surface area contributed by atoms with Crippen LogP contribution in [0.5, 0.6) is 0 Å². The zero-order chi connectivity index (χ0) is 6.78. The topological polar surface area (TPSA) is 83.5 Å². The third kappa shape index (κ3) is 1.84. The normalized spacial score (nSPS) is 19.8. The summed E-state index contributed by atoms with van der Waals surface area (Å²) in [4.78, 5) is 8.26. The Morgan fingerprint density at radius 1 is 1.88 bits per heavy atom. The minimum atomic E-state index is -2.56. The second kappa shape index (κ2) is 2.51. The van der Waals surface area contributed by atoms with Gasteiger partial charge >= 0.3 is 13.4 Å². The van der Waals surface area contributed by atoms with Crippen LogP contribution in [0.25, 0.3) is 0 Å². The molecule has 0 aromatic heterocycles. The van der Waals surface area contributed by atoms with E-state index in [4.69, 9.17) is 15.7 Å². The first-order valence-corrected chi connectivity index (χ1v) is 3.30. The summed E-state index contributed by atoms with van der Waals surface area (Å²) in [5.74, 6) is 0.